The fraction of sp³-hybridized carbons (Fsp3) is 0.533. The molecule has 0 radical (unpaired) electrons. The molecular weight excluding hydrogens is 264 g/mol. The zero-order chi connectivity index (χ0) is 14.2. The van der Waals surface area contributed by atoms with Crippen LogP contribution in [0.4, 0.5) is 5.95 Å². The first kappa shape index (κ1) is 12.8. The molecule has 6 heteroatoms. The lowest BCUT2D eigenvalue weighted by Gasteiger charge is -2.21. The summed E-state index contributed by atoms with van der Waals surface area (Å²) < 4.78 is 2.11. The molecule has 0 aromatic carbocycles. The molecule has 0 saturated carbocycles. The monoisotopic (exact) mass is 284 g/mol. The van der Waals surface area contributed by atoms with Crippen LogP contribution in [0.5, 0.6) is 0 Å². The first-order chi connectivity index (χ1) is 10.3. The number of hydrogen-bond donors (Lipinski definition) is 0. The molecule has 0 amide bonds. The van der Waals surface area contributed by atoms with Crippen LogP contribution in [0, 0.1) is 11.8 Å². The van der Waals surface area contributed by atoms with E-state index in [1.807, 2.05) is 30.9 Å². The molecule has 2 aliphatic heterocycles. The number of imidazole rings is 1. The van der Waals surface area contributed by atoms with Crippen molar-refractivity contribution in [3.63, 3.8) is 0 Å². The number of hydrogen-bond acceptors (Lipinski definition) is 5. The smallest absolute Gasteiger partial charge is 0.225 e. The minimum absolute atomic E-state index is 0.731. The highest BCUT2D eigenvalue weighted by Crippen LogP contribution is 2.33. The van der Waals surface area contributed by atoms with E-state index < -0.39 is 0 Å². The van der Waals surface area contributed by atoms with E-state index in [0.29, 0.717) is 0 Å². The van der Waals surface area contributed by atoms with E-state index >= 15 is 0 Å². The lowest BCUT2D eigenvalue weighted by atomic mass is 10.0. The first-order valence-corrected chi connectivity index (χ1v) is 7.50. The van der Waals surface area contributed by atoms with Crippen molar-refractivity contribution in [3.8, 4) is 0 Å². The van der Waals surface area contributed by atoms with Gasteiger partial charge in [0, 0.05) is 58.0 Å². The Morgan fingerprint density at radius 3 is 2.33 bits per heavy atom. The van der Waals surface area contributed by atoms with Crippen molar-refractivity contribution in [1.29, 1.82) is 0 Å². The maximum absolute atomic E-state index is 4.43. The fourth-order valence-electron chi connectivity index (χ4n) is 3.59. The number of aryl methyl sites for hydroxylation is 1. The topological polar surface area (TPSA) is 50.1 Å². The Kier molecular flexibility index (Phi) is 3.11. The third kappa shape index (κ3) is 2.40. The number of fused-ring (bicyclic) bond motifs is 1. The third-order valence-corrected chi connectivity index (χ3v) is 4.68. The largest absolute Gasteiger partial charge is 0.340 e. The Hall–Kier alpha value is -1.95. The van der Waals surface area contributed by atoms with Gasteiger partial charge in [0.05, 0.1) is 6.54 Å². The molecule has 0 bridgehead atoms. The van der Waals surface area contributed by atoms with Gasteiger partial charge in [0.25, 0.3) is 0 Å². The molecule has 0 spiro atoms. The molecule has 2 aliphatic rings. The van der Waals surface area contributed by atoms with E-state index in [2.05, 4.69) is 36.4 Å². The van der Waals surface area contributed by atoms with Gasteiger partial charge in [-0.3, -0.25) is 4.90 Å². The van der Waals surface area contributed by atoms with Gasteiger partial charge >= 0.3 is 0 Å². The van der Waals surface area contributed by atoms with Crippen molar-refractivity contribution in [2.45, 2.75) is 6.54 Å². The Morgan fingerprint density at radius 1 is 1.00 bits per heavy atom. The lowest BCUT2D eigenvalue weighted by molar-refractivity contribution is 0.297. The summed E-state index contributed by atoms with van der Waals surface area (Å²) >= 11 is 0. The van der Waals surface area contributed by atoms with Gasteiger partial charge < -0.3 is 9.47 Å². The predicted octanol–water partition coefficient (Wildman–Crippen LogP) is 0.778. The average molecular weight is 284 g/mol. The second kappa shape index (κ2) is 5.11. The van der Waals surface area contributed by atoms with Crippen molar-refractivity contribution in [3.05, 3.63) is 36.7 Å². The third-order valence-electron chi connectivity index (χ3n) is 4.68. The summed E-state index contributed by atoms with van der Waals surface area (Å²) in [5.41, 5.74) is 0. The molecule has 0 aliphatic carbocycles. The molecule has 2 aromatic rings. The van der Waals surface area contributed by atoms with E-state index in [0.717, 1.165) is 56.3 Å². The summed E-state index contributed by atoms with van der Waals surface area (Å²) in [7, 11) is 2.06. The predicted molar refractivity (Wildman–Crippen MR) is 79.7 cm³/mol. The highest BCUT2D eigenvalue weighted by atomic mass is 15.3. The molecular formula is C15H20N6. The van der Waals surface area contributed by atoms with Crippen molar-refractivity contribution in [2.75, 3.05) is 31.1 Å². The first-order valence-electron chi connectivity index (χ1n) is 7.50. The van der Waals surface area contributed by atoms with Gasteiger partial charge in [0.2, 0.25) is 5.95 Å². The molecule has 4 heterocycles. The summed E-state index contributed by atoms with van der Waals surface area (Å²) in [5.74, 6) is 3.49. The minimum Gasteiger partial charge on any atom is -0.340 e. The molecule has 2 aromatic heterocycles. The number of likely N-dealkylation sites (tertiary alicyclic amines) is 1. The maximum Gasteiger partial charge on any atom is 0.225 e. The molecule has 6 nitrogen and oxygen atoms in total. The Labute approximate surface area is 124 Å². The molecule has 4 rings (SSSR count). The van der Waals surface area contributed by atoms with E-state index in [1.54, 1.807) is 0 Å². The highest BCUT2D eigenvalue weighted by molar-refractivity contribution is 5.31. The van der Waals surface area contributed by atoms with E-state index in [4.69, 9.17) is 0 Å². The van der Waals surface area contributed by atoms with E-state index in [1.165, 1.54) is 0 Å². The summed E-state index contributed by atoms with van der Waals surface area (Å²) in [6, 6.07) is 1.87. The Morgan fingerprint density at radius 2 is 1.71 bits per heavy atom. The van der Waals surface area contributed by atoms with Crippen LogP contribution < -0.4 is 4.90 Å². The summed E-state index contributed by atoms with van der Waals surface area (Å²) in [5, 5.41) is 0. The van der Waals surface area contributed by atoms with E-state index in [-0.39, 0.29) is 0 Å². The van der Waals surface area contributed by atoms with Gasteiger partial charge in [0.1, 0.15) is 5.82 Å². The van der Waals surface area contributed by atoms with Gasteiger partial charge in [-0.1, -0.05) is 0 Å². The van der Waals surface area contributed by atoms with Crippen molar-refractivity contribution in [1.82, 2.24) is 24.4 Å². The Balaban J connectivity index is 1.38. The Bertz CT molecular complexity index is 596. The lowest BCUT2D eigenvalue weighted by Crippen LogP contribution is -2.30. The van der Waals surface area contributed by atoms with Gasteiger partial charge in [-0.05, 0) is 17.9 Å². The van der Waals surface area contributed by atoms with Crippen molar-refractivity contribution in [2.24, 2.45) is 18.9 Å². The van der Waals surface area contributed by atoms with Gasteiger partial charge in [-0.25, -0.2) is 15.0 Å². The second-order valence-electron chi connectivity index (χ2n) is 6.12. The zero-order valence-electron chi connectivity index (χ0n) is 12.3. The van der Waals surface area contributed by atoms with E-state index in [9.17, 15) is 0 Å². The molecule has 0 N–H and O–H groups in total. The highest BCUT2D eigenvalue weighted by Gasteiger charge is 2.40. The standard InChI is InChI=1S/C15H20N6/c1-19-6-5-16-14(19)11-20-7-12-9-21(10-13(12)8-20)15-17-3-2-4-18-15/h2-6,12-13H,7-11H2,1H3/t12-,13+. The average Bonchev–Trinajstić information content (AvgIpc) is 3.16. The van der Waals surface area contributed by atoms with Crippen LogP contribution in [0.15, 0.2) is 30.9 Å². The second-order valence-corrected chi connectivity index (χ2v) is 6.12. The van der Waals surface area contributed by atoms with Crippen LogP contribution in [0.2, 0.25) is 0 Å². The molecule has 110 valence electrons. The number of aromatic nitrogens is 4. The van der Waals surface area contributed by atoms with Crippen LogP contribution in [0.3, 0.4) is 0 Å². The number of nitrogens with zero attached hydrogens (tertiary/aromatic N) is 6. The summed E-state index contributed by atoms with van der Waals surface area (Å²) in [6.45, 7) is 5.41. The molecule has 2 fully saturated rings. The van der Waals surface area contributed by atoms with Crippen LogP contribution in [-0.4, -0.2) is 50.6 Å². The van der Waals surface area contributed by atoms with Crippen molar-refractivity contribution >= 4 is 5.95 Å². The van der Waals surface area contributed by atoms with Crippen molar-refractivity contribution < 1.29 is 0 Å². The number of rotatable bonds is 3. The minimum atomic E-state index is 0.731. The molecule has 2 saturated heterocycles. The SMILES string of the molecule is Cn1ccnc1CN1C[C@@H]2CN(c3ncccn3)C[C@@H]2C1. The van der Waals surface area contributed by atoms with Gasteiger partial charge in [0.15, 0.2) is 0 Å². The maximum atomic E-state index is 4.43. The molecule has 2 atom stereocenters. The van der Waals surface area contributed by atoms with Gasteiger partial charge in [-0.2, -0.15) is 0 Å². The van der Waals surface area contributed by atoms with Crippen LogP contribution in [0.25, 0.3) is 0 Å². The van der Waals surface area contributed by atoms with Crippen LogP contribution in [0.1, 0.15) is 5.82 Å². The van der Waals surface area contributed by atoms with Gasteiger partial charge in [-0.15, -0.1) is 0 Å². The summed E-state index contributed by atoms with van der Waals surface area (Å²) in [6.07, 6.45) is 7.54. The molecule has 0 unspecified atom stereocenters. The molecule has 21 heavy (non-hydrogen) atoms. The normalized spacial score (nSPS) is 25.5. The zero-order valence-corrected chi connectivity index (χ0v) is 12.3. The van der Waals surface area contributed by atoms with Crippen LogP contribution in [-0.2, 0) is 13.6 Å². The fourth-order valence-corrected chi connectivity index (χ4v) is 3.59. The summed E-state index contributed by atoms with van der Waals surface area (Å²) in [4.78, 5) is 18.0. The number of anilines is 1. The van der Waals surface area contributed by atoms with Crippen LogP contribution >= 0.6 is 0 Å². The quantitative estimate of drug-likeness (QED) is 0.833.